The molecule has 2 aromatic rings. The number of ether oxygens (including phenoxy) is 1. The van der Waals surface area contributed by atoms with Gasteiger partial charge in [0.25, 0.3) is 5.91 Å². The summed E-state index contributed by atoms with van der Waals surface area (Å²) in [6, 6.07) is 6.78. The first-order valence-electron chi connectivity index (χ1n) is 9.03. The molecule has 0 radical (unpaired) electrons. The van der Waals surface area contributed by atoms with Crippen molar-refractivity contribution in [3.05, 3.63) is 46.4 Å². The van der Waals surface area contributed by atoms with E-state index in [1.807, 2.05) is 0 Å². The minimum absolute atomic E-state index is 0.152. The van der Waals surface area contributed by atoms with Gasteiger partial charge in [-0.25, -0.2) is 0 Å². The number of nitrogens with one attached hydrogen (secondary N) is 2. The van der Waals surface area contributed by atoms with Gasteiger partial charge in [0, 0.05) is 5.69 Å². The number of hydrogen-bond acceptors (Lipinski definition) is 4. The molecule has 1 aromatic heterocycles. The normalized spacial score (nSPS) is 14.2. The van der Waals surface area contributed by atoms with Crippen molar-refractivity contribution < 1.29 is 18.7 Å². The van der Waals surface area contributed by atoms with Crippen molar-refractivity contribution in [2.45, 2.75) is 45.6 Å². The van der Waals surface area contributed by atoms with Gasteiger partial charge in [0.15, 0.2) is 0 Å². The van der Waals surface area contributed by atoms with E-state index in [-0.39, 0.29) is 24.5 Å². The van der Waals surface area contributed by atoms with Crippen molar-refractivity contribution in [1.29, 1.82) is 0 Å². The molecule has 3 rings (SSSR count). The molecule has 1 saturated carbocycles. The molecule has 6 nitrogen and oxygen atoms in total. The average molecular weight is 391 g/mol. The maximum Gasteiger partial charge on any atom is 0.255 e. The van der Waals surface area contributed by atoms with Gasteiger partial charge in [-0.3, -0.25) is 9.59 Å². The fourth-order valence-electron chi connectivity index (χ4n) is 3.18. The first-order valence-corrected chi connectivity index (χ1v) is 9.41. The Kier molecular flexibility index (Phi) is 6.06. The fourth-order valence-corrected chi connectivity index (χ4v) is 3.40. The summed E-state index contributed by atoms with van der Waals surface area (Å²) in [6.07, 6.45) is 4.67. The van der Waals surface area contributed by atoms with E-state index in [1.165, 1.54) is 12.8 Å². The molecule has 27 heavy (non-hydrogen) atoms. The molecule has 0 aliphatic heterocycles. The van der Waals surface area contributed by atoms with E-state index >= 15 is 0 Å². The first-order chi connectivity index (χ1) is 12.9. The van der Waals surface area contributed by atoms with Crippen LogP contribution in [0, 0.1) is 13.8 Å². The quantitative estimate of drug-likeness (QED) is 0.773. The lowest BCUT2D eigenvalue weighted by Crippen LogP contribution is -2.32. The molecule has 7 heteroatoms. The van der Waals surface area contributed by atoms with Gasteiger partial charge in [0.05, 0.1) is 23.2 Å². The number of anilines is 1. The number of benzene rings is 1. The van der Waals surface area contributed by atoms with Crippen LogP contribution >= 0.6 is 11.6 Å². The molecule has 0 atom stereocenters. The highest BCUT2D eigenvalue weighted by atomic mass is 35.5. The Morgan fingerprint density at radius 3 is 2.59 bits per heavy atom. The third kappa shape index (κ3) is 5.04. The Labute approximate surface area is 163 Å². The van der Waals surface area contributed by atoms with Gasteiger partial charge in [0.1, 0.15) is 17.3 Å². The fraction of sp³-hybridized carbons (Fsp3) is 0.400. The number of furan rings is 1. The highest BCUT2D eigenvalue weighted by Gasteiger charge is 2.18. The topological polar surface area (TPSA) is 80.6 Å². The Balaban J connectivity index is 1.52. The molecule has 1 fully saturated rings. The second-order valence-electron chi connectivity index (χ2n) is 6.73. The average Bonchev–Trinajstić information content (AvgIpc) is 3.24. The Bertz CT molecular complexity index is 841. The maximum atomic E-state index is 12.1. The van der Waals surface area contributed by atoms with Gasteiger partial charge >= 0.3 is 0 Å². The summed E-state index contributed by atoms with van der Waals surface area (Å²) in [7, 11) is 0. The van der Waals surface area contributed by atoms with E-state index in [2.05, 4.69) is 10.6 Å². The van der Waals surface area contributed by atoms with Crippen LogP contribution in [0.25, 0.3) is 0 Å². The molecular weight excluding hydrogens is 368 g/mol. The summed E-state index contributed by atoms with van der Waals surface area (Å²) in [6.45, 7) is 3.32. The Hall–Kier alpha value is -2.47. The minimum Gasteiger partial charge on any atom is -0.489 e. The number of carbonyl (C=O) groups is 2. The molecule has 0 saturated heterocycles. The zero-order valence-corrected chi connectivity index (χ0v) is 16.2. The van der Waals surface area contributed by atoms with Crippen LogP contribution < -0.4 is 15.4 Å². The molecule has 1 aliphatic carbocycles. The molecule has 1 heterocycles. The van der Waals surface area contributed by atoms with E-state index in [4.69, 9.17) is 20.8 Å². The SMILES string of the molecule is Cc1cc(C(=O)NCC(=O)Nc2ccc(OC3CCCC3)c(Cl)c2)c(C)o1. The van der Waals surface area contributed by atoms with Crippen molar-refractivity contribution in [1.82, 2.24) is 5.32 Å². The van der Waals surface area contributed by atoms with Crippen LogP contribution in [0.4, 0.5) is 5.69 Å². The van der Waals surface area contributed by atoms with Crippen molar-refractivity contribution in [2.24, 2.45) is 0 Å². The molecule has 0 unspecified atom stereocenters. The Morgan fingerprint density at radius 1 is 1.22 bits per heavy atom. The van der Waals surface area contributed by atoms with Crippen LogP contribution in [-0.4, -0.2) is 24.5 Å². The number of carbonyl (C=O) groups excluding carboxylic acids is 2. The molecule has 1 aromatic carbocycles. The summed E-state index contributed by atoms with van der Waals surface area (Å²) in [5, 5.41) is 5.74. The number of halogens is 1. The van der Waals surface area contributed by atoms with Crippen molar-refractivity contribution in [2.75, 3.05) is 11.9 Å². The van der Waals surface area contributed by atoms with E-state index < -0.39 is 0 Å². The Morgan fingerprint density at radius 2 is 1.96 bits per heavy atom. The van der Waals surface area contributed by atoms with E-state index in [9.17, 15) is 9.59 Å². The van der Waals surface area contributed by atoms with Gasteiger partial charge in [0.2, 0.25) is 5.91 Å². The maximum absolute atomic E-state index is 12.1. The molecular formula is C20H23ClN2O4. The number of rotatable bonds is 6. The van der Waals surface area contributed by atoms with Crippen molar-refractivity contribution in [3.63, 3.8) is 0 Å². The van der Waals surface area contributed by atoms with Crippen LogP contribution in [0.15, 0.2) is 28.7 Å². The van der Waals surface area contributed by atoms with Gasteiger partial charge < -0.3 is 19.8 Å². The predicted molar refractivity (Wildman–Crippen MR) is 103 cm³/mol. The summed E-state index contributed by atoms with van der Waals surface area (Å²) in [5.74, 6) is 1.10. The summed E-state index contributed by atoms with van der Waals surface area (Å²) in [4.78, 5) is 24.2. The van der Waals surface area contributed by atoms with Gasteiger partial charge in [-0.15, -0.1) is 0 Å². The number of hydrogen-bond donors (Lipinski definition) is 2. The van der Waals surface area contributed by atoms with Gasteiger partial charge in [-0.2, -0.15) is 0 Å². The van der Waals surface area contributed by atoms with Crippen LogP contribution in [0.3, 0.4) is 0 Å². The summed E-state index contributed by atoms with van der Waals surface area (Å²) < 4.78 is 11.2. The van der Waals surface area contributed by atoms with Crippen LogP contribution in [-0.2, 0) is 4.79 Å². The van der Waals surface area contributed by atoms with Gasteiger partial charge in [-0.05, 0) is 63.8 Å². The molecule has 1 aliphatic rings. The second kappa shape index (κ2) is 8.48. The zero-order valence-electron chi connectivity index (χ0n) is 15.4. The molecule has 144 valence electrons. The molecule has 0 spiro atoms. The highest BCUT2D eigenvalue weighted by molar-refractivity contribution is 6.32. The lowest BCUT2D eigenvalue weighted by Gasteiger charge is -2.15. The number of amides is 2. The van der Waals surface area contributed by atoms with Crippen LogP contribution in [0.2, 0.25) is 5.02 Å². The van der Waals surface area contributed by atoms with E-state index in [0.717, 1.165) is 12.8 Å². The third-order valence-corrected chi connectivity index (χ3v) is 4.80. The molecule has 2 N–H and O–H groups in total. The van der Waals surface area contributed by atoms with E-state index in [1.54, 1.807) is 38.1 Å². The first kappa shape index (κ1) is 19.3. The standard InChI is InChI=1S/C20H23ClN2O4/c1-12-9-16(13(2)26-12)20(25)22-11-19(24)23-14-7-8-18(17(21)10-14)27-15-5-3-4-6-15/h7-10,15H,3-6,11H2,1-2H3,(H,22,25)(H,23,24). The lowest BCUT2D eigenvalue weighted by atomic mass is 10.2. The van der Waals surface area contributed by atoms with Crippen molar-refractivity contribution >= 4 is 29.1 Å². The summed E-state index contributed by atoms with van der Waals surface area (Å²) in [5.41, 5.74) is 0.977. The smallest absolute Gasteiger partial charge is 0.255 e. The highest BCUT2D eigenvalue weighted by Crippen LogP contribution is 2.31. The minimum atomic E-state index is -0.349. The number of aryl methyl sites for hydroxylation is 2. The molecule has 2 amide bonds. The van der Waals surface area contributed by atoms with E-state index in [0.29, 0.717) is 33.5 Å². The third-order valence-electron chi connectivity index (χ3n) is 4.51. The monoisotopic (exact) mass is 390 g/mol. The summed E-state index contributed by atoms with van der Waals surface area (Å²) >= 11 is 6.26. The second-order valence-corrected chi connectivity index (χ2v) is 7.13. The lowest BCUT2D eigenvalue weighted by molar-refractivity contribution is -0.115. The largest absolute Gasteiger partial charge is 0.489 e. The molecule has 0 bridgehead atoms. The zero-order chi connectivity index (χ0) is 19.4. The van der Waals surface area contributed by atoms with Gasteiger partial charge in [-0.1, -0.05) is 11.6 Å². The van der Waals surface area contributed by atoms with Crippen LogP contribution in [0.5, 0.6) is 5.75 Å². The van der Waals surface area contributed by atoms with Crippen LogP contribution in [0.1, 0.15) is 47.6 Å². The predicted octanol–water partition coefficient (Wildman–Crippen LogP) is 4.24. The van der Waals surface area contributed by atoms with Crippen molar-refractivity contribution in [3.8, 4) is 5.75 Å².